The number of nitrogens with one attached hydrogen (secondary N) is 1. The SMILES string of the molecule is C[C@H](Cn1ccnc1)NS(=O)(=O)c1ccccc1Br. The lowest BCUT2D eigenvalue weighted by atomic mass is 10.4. The summed E-state index contributed by atoms with van der Waals surface area (Å²) in [5.41, 5.74) is 0. The molecule has 0 saturated heterocycles. The van der Waals surface area contributed by atoms with Gasteiger partial charge in [-0.3, -0.25) is 0 Å². The second-order valence-electron chi connectivity index (χ2n) is 4.21. The number of benzene rings is 1. The molecule has 0 saturated carbocycles. The molecule has 0 amide bonds. The maximum Gasteiger partial charge on any atom is 0.241 e. The van der Waals surface area contributed by atoms with Gasteiger partial charge in [-0.1, -0.05) is 12.1 Å². The summed E-state index contributed by atoms with van der Waals surface area (Å²) in [5, 5.41) is 0. The Labute approximate surface area is 120 Å². The lowest BCUT2D eigenvalue weighted by Gasteiger charge is -2.15. The fourth-order valence-corrected chi connectivity index (χ4v) is 3.98. The Morgan fingerprint density at radius 2 is 2.16 bits per heavy atom. The molecule has 5 nitrogen and oxygen atoms in total. The molecule has 102 valence electrons. The summed E-state index contributed by atoms with van der Waals surface area (Å²) >= 11 is 3.25. The Kier molecular flexibility index (Phi) is 4.38. The van der Waals surface area contributed by atoms with Crippen LogP contribution >= 0.6 is 15.9 Å². The summed E-state index contributed by atoms with van der Waals surface area (Å²) in [7, 11) is -3.52. The second-order valence-corrected chi connectivity index (χ2v) is 6.75. The van der Waals surface area contributed by atoms with E-state index in [1.54, 1.807) is 43.0 Å². The van der Waals surface area contributed by atoms with Gasteiger partial charge in [0.15, 0.2) is 0 Å². The van der Waals surface area contributed by atoms with Crippen LogP contribution in [0.5, 0.6) is 0 Å². The van der Waals surface area contributed by atoms with Crippen molar-refractivity contribution >= 4 is 26.0 Å². The van der Waals surface area contributed by atoms with E-state index in [9.17, 15) is 8.42 Å². The standard InChI is InChI=1S/C12H14BrN3O2S/c1-10(8-16-7-6-14-9-16)15-19(17,18)12-5-3-2-4-11(12)13/h2-7,9-10,15H,8H2,1H3/t10-/m1/s1. The molecule has 2 rings (SSSR count). The summed E-state index contributed by atoms with van der Waals surface area (Å²) in [6.45, 7) is 2.35. The molecule has 1 aromatic carbocycles. The lowest BCUT2D eigenvalue weighted by molar-refractivity contribution is 0.520. The topological polar surface area (TPSA) is 64.0 Å². The molecule has 7 heteroatoms. The fourth-order valence-electron chi connectivity index (χ4n) is 1.74. The number of sulfonamides is 1. The molecule has 0 aliphatic rings. The largest absolute Gasteiger partial charge is 0.336 e. The molecule has 1 aromatic heterocycles. The highest BCUT2D eigenvalue weighted by Gasteiger charge is 2.19. The minimum Gasteiger partial charge on any atom is -0.336 e. The third-order valence-corrected chi connectivity index (χ3v) is 5.13. The van der Waals surface area contributed by atoms with E-state index in [0.29, 0.717) is 11.0 Å². The molecule has 0 aliphatic heterocycles. The van der Waals surface area contributed by atoms with Gasteiger partial charge < -0.3 is 4.57 Å². The molecule has 0 bridgehead atoms. The van der Waals surface area contributed by atoms with E-state index in [1.807, 2.05) is 11.5 Å². The van der Waals surface area contributed by atoms with Crippen LogP contribution in [0.3, 0.4) is 0 Å². The van der Waals surface area contributed by atoms with E-state index >= 15 is 0 Å². The summed E-state index contributed by atoms with van der Waals surface area (Å²) in [6, 6.07) is 6.51. The minimum absolute atomic E-state index is 0.230. The van der Waals surface area contributed by atoms with Crippen molar-refractivity contribution in [2.45, 2.75) is 24.4 Å². The average Bonchev–Trinajstić information content (AvgIpc) is 2.81. The maximum atomic E-state index is 12.2. The van der Waals surface area contributed by atoms with Gasteiger partial charge in [-0.2, -0.15) is 0 Å². The molecule has 0 radical (unpaired) electrons. The third-order valence-electron chi connectivity index (χ3n) is 2.53. The van der Waals surface area contributed by atoms with Crippen molar-refractivity contribution in [3.05, 3.63) is 47.5 Å². The first-order valence-electron chi connectivity index (χ1n) is 5.71. The highest BCUT2D eigenvalue weighted by molar-refractivity contribution is 9.10. The Balaban J connectivity index is 2.11. The zero-order valence-corrected chi connectivity index (χ0v) is 12.7. The van der Waals surface area contributed by atoms with Crippen LogP contribution in [-0.4, -0.2) is 24.0 Å². The predicted octanol–water partition coefficient (Wildman–Crippen LogP) is 2.01. The van der Waals surface area contributed by atoms with E-state index in [0.717, 1.165) is 0 Å². The van der Waals surface area contributed by atoms with Crippen LogP contribution in [0.2, 0.25) is 0 Å². The first-order chi connectivity index (χ1) is 8.99. The van der Waals surface area contributed by atoms with Crippen LogP contribution in [-0.2, 0) is 16.6 Å². The molecule has 1 N–H and O–H groups in total. The first kappa shape index (κ1) is 14.2. The number of imidazole rings is 1. The van der Waals surface area contributed by atoms with Crippen molar-refractivity contribution in [1.82, 2.24) is 14.3 Å². The van der Waals surface area contributed by atoms with Gasteiger partial charge in [-0.15, -0.1) is 0 Å². The molecule has 1 atom stereocenters. The van der Waals surface area contributed by atoms with Crippen LogP contribution in [0.1, 0.15) is 6.92 Å². The van der Waals surface area contributed by atoms with E-state index < -0.39 is 10.0 Å². The summed E-state index contributed by atoms with van der Waals surface area (Å²) in [5.74, 6) is 0. The van der Waals surface area contributed by atoms with Crippen molar-refractivity contribution in [2.75, 3.05) is 0 Å². The van der Waals surface area contributed by atoms with Gasteiger partial charge in [-0.05, 0) is 35.0 Å². The minimum atomic E-state index is -3.52. The fraction of sp³-hybridized carbons (Fsp3) is 0.250. The highest BCUT2D eigenvalue weighted by Crippen LogP contribution is 2.21. The maximum absolute atomic E-state index is 12.2. The number of hydrogen-bond acceptors (Lipinski definition) is 3. The second kappa shape index (κ2) is 5.85. The van der Waals surface area contributed by atoms with E-state index in [4.69, 9.17) is 0 Å². The smallest absolute Gasteiger partial charge is 0.241 e. The molecule has 1 heterocycles. The molecule has 2 aromatic rings. The van der Waals surface area contributed by atoms with Gasteiger partial charge in [-0.25, -0.2) is 18.1 Å². The molecular weight excluding hydrogens is 330 g/mol. The molecular formula is C12H14BrN3O2S. The zero-order chi connectivity index (χ0) is 13.9. The van der Waals surface area contributed by atoms with Crippen LogP contribution in [0, 0.1) is 0 Å². The lowest BCUT2D eigenvalue weighted by Crippen LogP contribution is -2.35. The van der Waals surface area contributed by atoms with Gasteiger partial charge >= 0.3 is 0 Å². The molecule has 0 unspecified atom stereocenters. The number of hydrogen-bond donors (Lipinski definition) is 1. The predicted molar refractivity (Wildman–Crippen MR) is 76.2 cm³/mol. The van der Waals surface area contributed by atoms with E-state index in [-0.39, 0.29) is 10.9 Å². The van der Waals surface area contributed by atoms with Crippen LogP contribution in [0.4, 0.5) is 0 Å². The summed E-state index contributed by atoms with van der Waals surface area (Å²) in [4.78, 5) is 4.17. The Bertz CT molecular complexity index is 641. The van der Waals surface area contributed by atoms with E-state index in [1.165, 1.54) is 0 Å². The van der Waals surface area contributed by atoms with Crippen molar-refractivity contribution in [2.24, 2.45) is 0 Å². The Hall–Kier alpha value is -1.18. The monoisotopic (exact) mass is 343 g/mol. The molecule has 0 spiro atoms. The number of rotatable bonds is 5. The molecule has 0 fully saturated rings. The van der Waals surface area contributed by atoms with Crippen LogP contribution in [0.25, 0.3) is 0 Å². The van der Waals surface area contributed by atoms with Crippen LogP contribution < -0.4 is 4.72 Å². The Morgan fingerprint density at radius 3 is 2.79 bits per heavy atom. The van der Waals surface area contributed by atoms with Gasteiger partial charge in [0.2, 0.25) is 10.0 Å². The third kappa shape index (κ3) is 3.65. The molecule has 19 heavy (non-hydrogen) atoms. The number of halogens is 1. The highest BCUT2D eigenvalue weighted by atomic mass is 79.9. The number of aromatic nitrogens is 2. The normalized spacial score (nSPS) is 13.4. The first-order valence-corrected chi connectivity index (χ1v) is 7.99. The summed E-state index contributed by atoms with van der Waals surface area (Å²) in [6.07, 6.45) is 5.11. The molecule has 0 aliphatic carbocycles. The Morgan fingerprint density at radius 1 is 1.42 bits per heavy atom. The average molecular weight is 344 g/mol. The van der Waals surface area contributed by atoms with Gasteiger partial charge in [0, 0.05) is 29.5 Å². The van der Waals surface area contributed by atoms with Crippen molar-refractivity contribution in [1.29, 1.82) is 0 Å². The van der Waals surface area contributed by atoms with Crippen molar-refractivity contribution in [3.63, 3.8) is 0 Å². The van der Waals surface area contributed by atoms with E-state index in [2.05, 4.69) is 25.6 Å². The summed E-state index contributed by atoms with van der Waals surface area (Å²) < 4.78 is 29.5. The van der Waals surface area contributed by atoms with Crippen LogP contribution in [0.15, 0.2) is 52.4 Å². The van der Waals surface area contributed by atoms with Gasteiger partial charge in [0.05, 0.1) is 11.2 Å². The van der Waals surface area contributed by atoms with Crippen molar-refractivity contribution < 1.29 is 8.42 Å². The zero-order valence-electron chi connectivity index (χ0n) is 10.3. The number of nitrogens with zero attached hydrogens (tertiary/aromatic N) is 2. The van der Waals surface area contributed by atoms with Gasteiger partial charge in [0.1, 0.15) is 0 Å². The van der Waals surface area contributed by atoms with Gasteiger partial charge in [0.25, 0.3) is 0 Å². The van der Waals surface area contributed by atoms with Crippen molar-refractivity contribution in [3.8, 4) is 0 Å². The quantitative estimate of drug-likeness (QED) is 0.903.